The molecule has 4 nitrogen and oxygen atoms in total. The molecule has 0 fully saturated rings. The predicted molar refractivity (Wildman–Crippen MR) is 115 cm³/mol. The Morgan fingerprint density at radius 3 is 2.52 bits per heavy atom. The van der Waals surface area contributed by atoms with Gasteiger partial charge in [0.15, 0.2) is 0 Å². The average molecular weight is 392 g/mol. The number of hydrogen-bond donors (Lipinski definition) is 2. The Bertz CT molecular complexity index is 1060. The number of nitrogens with zero attached hydrogens (tertiary/aromatic N) is 1. The Balaban J connectivity index is 1.40. The molecule has 0 saturated carbocycles. The van der Waals surface area contributed by atoms with E-state index in [0.717, 1.165) is 26.7 Å². The van der Waals surface area contributed by atoms with Crippen LogP contribution < -0.4 is 11.1 Å². The number of fused-ring (bicyclic) bond motifs is 1. The van der Waals surface area contributed by atoms with E-state index >= 15 is 0 Å². The number of benzene rings is 3. The molecule has 0 saturated heterocycles. The van der Waals surface area contributed by atoms with Gasteiger partial charge in [0.2, 0.25) is 5.91 Å². The first-order valence-electron chi connectivity index (χ1n) is 8.42. The summed E-state index contributed by atoms with van der Waals surface area (Å²) in [6.07, 6.45) is 0. The second-order valence-corrected chi connectivity index (χ2v) is 7.99. The number of carbonyl (C=O) groups is 1. The zero-order chi connectivity index (χ0) is 18.6. The Kier molecular flexibility index (Phi) is 5.09. The summed E-state index contributed by atoms with van der Waals surface area (Å²) in [7, 11) is 0. The highest BCUT2D eigenvalue weighted by Crippen LogP contribution is 2.30. The monoisotopic (exact) mass is 391 g/mol. The Hall–Kier alpha value is -2.83. The van der Waals surface area contributed by atoms with Crippen molar-refractivity contribution in [3.8, 4) is 10.6 Å². The van der Waals surface area contributed by atoms with Crippen molar-refractivity contribution in [2.24, 2.45) is 0 Å². The van der Waals surface area contributed by atoms with E-state index in [1.54, 1.807) is 11.3 Å². The summed E-state index contributed by atoms with van der Waals surface area (Å²) in [4.78, 5) is 17.8. The van der Waals surface area contributed by atoms with E-state index in [-0.39, 0.29) is 5.91 Å². The fourth-order valence-corrected chi connectivity index (χ4v) is 4.38. The minimum Gasteiger partial charge on any atom is -0.398 e. The largest absolute Gasteiger partial charge is 0.398 e. The van der Waals surface area contributed by atoms with Crippen LogP contribution in [0.5, 0.6) is 0 Å². The van der Waals surface area contributed by atoms with E-state index in [4.69, 9.17) is 5.73 Å². The van der Waals surface area contributed by atoms with Crippen molar-refractivity contribution in [2.75, 3.05) is 16.8 Å². The lowest BCUT2D eigenvalue weighted by atomic mass is 10.2. The van der Waals surface area contributed by atoms with Gasteiger partial charge in [-0.3, -0.25) is 4.79 Å². The molecule has 4 rings (SSSR count). The highest BCUT2D eigenvalue weighted by Gasteiger charge is 2.08. The van der Waals surface area contributed by atoms with Gasteiger partial charge < -0.3 is 11.1 Å². The molecule has 0 atom stereocenters. The minimum absolute atomic E-state index is 0.0593. The Morgan fingerprint density at radius 1 is 1.00 bits per heavy atom. The van der Waals surface area contributed by atoms with E-state index in [1.807, 2.05) is 66.7 Å². The van der Waals surface area contributed by atoms with E-state index < -0.39 is 0 Å². The second kappa shape index (κ2) is 7.82. The average Bonchev–Trinajstić information content (AvgIpc) is 3.12. The minimum atomic E-state index is -0.0593. The van der Waals surface area contributed by atoms with Gasteiger partial charge >= 0.3 is 0 Å². The quantitative estimate of drug-likeness (QED) is 0.359. The van der Waals surface area contributed by atoms with Crippen LogP contribution in [0.2, 0.25) is 0 Å². The maximum Gasteiger partial charge on any atom is 0.234 e. The molecule has 0 bridgehead atoms. The fourth-order valence-electron chi connectivity index (χ4n) is 2.64. The second-order valence-electron chi connectivity index (χ2n) is 5.94. The molecule has 0 unspecified atom stereocenters. The number of para-hydroxylation sites is 2. The first kappa shape index (κ1) is 17.6. The number of nitrogens with one attached hydrogen (secondary N) is 1. The summed E-state index contributed by atoms with van der Waals surface area (Å²) in [6.45, 7) is 0. The third kappa shape index (κ3) is 4.13. The maximum atomic E-state index is 12.2. The van der Waals surface area contributed by atoms with Gasteiger partial charge in [-0.1, -0.05) is 24.3 Å². The highest BCUT2D eigenvalue weighted by molar-refractivity contribution is 8.00. The van der Waals surface area contributed by atoms with Crippen LogP contribution in [0, 0.1) is 0 Å². The molecule has 0 spiro atoms. The number of nitrogen functional groups attached to an aromatic ring is 1. The third-order valence-corrected chi connectivity index (χ3v) is 6.16. The molecule has 1 aromatic heterocycles. The number of amides is 1. The summed E-state index contributed by atoms with van der Waals surface area (Å²) in [6, 6.07) is 23.4. The number of aromatic nitrogens is 1. The van der Waals surface area contributed by atoms with Crippen molar-refractivity contribution >= 4 is 50.6 Å². The van der Waals surface area contributed by atoms with Crippen LogP contribution in [0.15, 0.2) is 77.7 Å². The van der Waals surface area contributed by atoms with Crippen molar-refractivity contribution in [2.45, 2.75) is 4.90 Å². The van der Waals surface area contributed by atoms with Crippen molar-refractivity contribution in [1.29, 1.82) is 0 Å². The zero-order valence-corrected chi connectivity index (χ0v) is 16.0. The maximum absolute atomic E-state index is 12.2. The molecular weight excluding hydrogens is 374 g/mol. The van der Waals surface area contributed by atoms with E-state index in [0.29, 0.717) is 11.4 Å². The van der Waals surface area contributed by atoms with Crippen LogP contribution in [-0.4, -0.2) is 16.6 Å². The van der Waals surface area contributed by atoms with Gasteiger partial charge in [-0.15, -0.1) is 23.1 Å². The zero-order valence-electron chi connectivity index (χ0n) is 14.4. The van der Waals surface area contributed by atoms with Crippen LogP contribution in [0.1, 0.15) is 0 Å². The number of anilines is 2. The first-order chi connectivity index (χ1) is 13.2. The Labute approximate surface area is 165 Å². The molecule has 0 aliphatic heterocycles. The normalized spacial score (nSPS) is 10.8. The standard InChI is InChI=1S/C21H17N3OS2/c22-16-5-1-3-7-18(16)26-13-20(25)23-15-11-9-14(10-12-15)21-24-17-6-2-4-8-19(17)27-21/h1-12H,13,22H2,(H,23,25). The molecular formula is C21H17N3OS2. The van der Waals surface area contributed by atoms with Crippen LogP contribution in [0.4, 0.5) is 11.4 Å². The molecule has 3 aromatic carbocycles. The number of nitrogens with two attached hydrogens (primary N) is 1. The van der Waals surface area contributed by atoms with Gasteiger partial charge in [-0.2, -0.15) is 0 Å². The lowest BCUT2D eigenvalue weighted by Crippen LogP contribution is -2.14. The van der Waals surface area contributed by atoms with Gasteiger partial charge in [0.05, 0.1) is 16.0 Å². The van der Waals surface area contributed by atoms with E-state index in [2.05, 4.69) is 16.4 Å². The lowest BCUT2D eigenvalue weighted by Gasteiger charge is -2.07. The highest BCUT2D eigenvalue weighted by atomic mass is 32.2. The molecule has 134 valence electrons. The molecule has 0 aliphatic rings. The van der Waals surface area contributed by atoms with Gasteiger partial charge in [0, 0.05) is 21.8 Å². The van der Waals surface area contributed by atoms with Gasteiger partial charge in [-0.05, 0) is 48.5 Å². The number of thiazole rings is 1. The summed E-state index contributed by atoms with van der Waals surface area (Å²) < 4.78 is 1.17. The molecule has 4 aromatic rings. The third-order valence-electron chi connectivity index (χ3n) is 3.99. The first-order valence-corrected chi connectivity index (χ1v) is 10.2. The summed E-state index contributed by atoms with van der Waals surface area (Å²) in [5, 5.41) is 3.90. The summed E-state index contributed by atoms with van der Waals surface area (Å²) in [5.74, 6) is 0.254. The molecule has 27 heavy (non-hydrogen) atoms. The summed E-state index contributed by atoms with van der Waals surface area (Å²) >= 11 is 3.09. The van der Waals surface area contributed by atoms with Crippen molar-refractivity contribution in [1.82, 2.24) is 4.98 Å². The van der Waals surface area contributed by atoms with Crippen LogP contribution >= 0.6 is 23.1 Å². The summed E-state index contributed by atoms with van der Waals surface area (Å²) in [5.41, 5.74) is 9.41. The van der Waals surface area contributed by atoms with Crippen LogP contribution in [0.25, 0.3) is 20.8 Å². The van der Waals surface area contributed by atoms with Crippen LogP contribution in [-0.2, 0) is 4.79 Å². The molecule has 1 heterocycles. The fraction of sp³-hybridized carbons (Fsp3) is 0.0476. The Morgan fingerprint density at radius 2 is 1.74 bits per heavy atom. The molecule has 1 amide bonds. The predicted octanol–water partition coefficient (Wildman–Crippen LogP) is 5.28. The van der Waals surface area contributed by atoms with E-state index in [1.165, 1.54) is 16.5 Å². The number of thioether (sulfide) groups is 1. The smallest absolute Gasteiger partial charge is 0.234 e. The van der Waals surface area contributed by atoms with Gasteiger partial charge in [0.25, 0.3) is 0 Å². The van der Waals surface area contributed by atoms with Crippen LogP contribution in [0.3, 0.4) is 0 Å². The molecule has 0 aliphatic carbocycles. The lowest BCUT2D eigenvalue weighted by molar-refractivity contribution is -0.113. The molecule has 0 radical (unpaired) electrons. The number of rotatable bonds is 5. The van der Waals surface area contributed by atoms with Gasteiger partial charge in [-0.25, -0.2) is 4.98 Å². The van der Waals surface area contributed by atoms with Crippen molar-refractivity contribution in [3.05, 3.63) is 72.8 Å². The molecule has 3 N–H and O–H groups in total. The topological polar surface area (TPSA) is 68.0 Å². The SMILES string of the molecule is Nc1ccccc1SCC(=O)Nc1ccc(-c2nc3ccccc3s2)cc1. The van der Waals surface area contributed by atoms with Crippen molar-refractivity contribution in [3.63, 3.8) is 0 Å². The van der Waals surface area contributed by atoms with Gasteiger partial charge in [0.1, 0.15) is 5.01 Å². The number of carbonyl (C=O) groups excluding carboxylic acids is 1. The van der Waals surface area contributed by atoms with Crippen molar-refractivity contribution < 1.29 is 4.79 Å². The van der Waals surface area contributed by atoms with E-state index in [9.17, 15) is 4.79 Å². The molecule has 6 heteroatoms. The number of hydrogen-bond acceptors (Lipinski definition) is 5.